The molecule has 3 aromatic carbocycles. The van der Waals surface area contributed by atoms with Gasteiger partial charge in [0.05, 0.1) is 5.69 Å². The molecule has 3 aromatic rings. The zero-order chi connectivity index (χ0) is 20.9. The second-order valence-corrected chi connectivity index (χ2v) is 8.75. The lowest BCUT2D eigenvalue weighted by atomic mass is 10.1. The number of nitrogens with zero attached hydrogens (tertiary/aromatic N) is 1. The van der Waals surface area contributed by atoms with Gasteiger partial charge in [-0.15, -0.1) is 0 Å². The standard InChI is InChI=1S/C24H23ClN2O2S/c25-20-10-2-1-6-18(20)16-30-15-13-26-22(28)12-5-14-27-21-11-4-8-17-7-3-9-19(23(17)21)24(27)29/h1-4,6-11H,5,12-16H2,(H,26,28). The monoisotopic (exact) mass is 438 g/mol. The maximum Gasteiger partial charge on any atom is 0.258 e. The fourth-order valence-corrected chi connectivity index (χ4v) is 4.89. The first kappa shape index (κ1) is 20.8. The van der Waals surface area contributed by atoms with Crippen LogP contribution in [0.4, 0.5) is 5.69 Å². The minimum absolute atomic E-state index is 0.0238. The number of carbonyl (C=O) groups is 2. The number of halogens is 1. The van der Waals surface area contributed by atoms with Gasteiger partial charge in [0, 0.05) is 47.0 Å². The van der Waals surface area contributed by atoms with Crippen molar-refractivity contribution in [2.24, 2.45) is 0 Å². The Balaban J connectivity index is 1.19. The lowest BCUT2D eigenvalue weighted by Gasteiger charge is -2.17. The highest BCUT2D eigenvalue weighted by atomic mass is 35.5. The van der Waals surface area contributed by atoms with Gasteiger partial charge in [-0.05, 0) is 35.6 Å². The van der Waals surface area contributed by atoms with Gasteiger partial charge in [0.15, 0.2) is 0 Å². The Morgan fingerprint density at radius 2 is 1.83 bits per heavy atom. The van der Waals surface area contributed by atoms with Gasteiger partial charge in [0.1, 0.15) is 0 Å². The first-order chi connectivity index (χ1) is 14.6. The molecule has 1 heterocycles. The maximum absolute atomic E-state index is 12.8. The normalized spacial score (nSPS) is 12.6. The second-order valence-electron chi connectivity index (χ2n) is 7.24. The maximum atomic E-state index is 12.8. The van der Waals surface area contributed by atoms with Crippen LogP contribution < -0.4 is 10.2 Å². The molecule has 1 N–H and O–H groups in total. The summed E-state index contributed by atoms with van der Waals surface area (Å²) in [7, 11) is 0. The Bertz CT molecular complexity index is 1080. The molecule has 1 aliphatic rings. The lowest BCUT2D eigenvalue weighted by Crippen LogP contribution is -2.30. The molecule has 0 fully saturated rings. The van der Waals surface area contributed by atoms with E-state index in [4.69, 9.17) is 11.6 Å². The van der Waals surface area contributed by atoms with Crippen LogP contribution in [-0.2, 0) is 10.5 Å². The molecule has 0 aliphatic carbocycles. The van der Waals surface area contributed by atoms with E-state index < -0.39 is 0 Å². The number of rotatable bonds is 9. The molecule has 0 spiro atoms. The van der Waals surface area contributed by atoms with E-state index in [0.29, 0.717) is 25.9 Å². The largest absolute Gasteiger partial charge is 0.355 e. The molecule has 4 nitrogen and oxygen atoms in total. The van der Waals surface area contributed by atoms with Crippen molar-refractivity contribution in [2.45, 2.75) is 18.6 Å². The first-order valence-corrected chi connectivity index (χ1v) is 11.6. The van der Waals surface area contributed by atoms with Crippen molar-refractivity contribution in [3.63, 3.8) is 0 Å². The van der Waals surface area contributed by atoms with Crippen LogP contribution >= 0.6 is 23.4 Å². The van der Waals surface area contributed by atoms with Crippen LogP contribution in [0.3, 0.4) is 0 Å². The van der Waals surface area contributed by atoms with Crippen molar-refractivity contribution in [1.82, 2.24) is 5.32 Å². The molecule has 30 heavy (non-hydrogen) atoms. The summed E-state index contributed by atoms with van der Waals surface area (Å²) in [5, 5.41) is 5.84. The van der Waals surface area contributed by atoms with Gasteiger partial charge in [-0.25, -0.2) is 0 Å². The average Bonchev–Trinajstić information content (AvgIpc) is 3.03. The fourth-order valence-electron chi connectivity index (χ4n) is 3.75. The van der Waals surface area contributed by atoms with E-state index in [1.165, 1.54) is 0 Å². The number of nitrogens with one attached hydrogen (secondary N) is 1. The van der Waals surface area contributed by atoms with Crippen molar-refractivity contribution >= 4 is 51.6 Å². The molecule has 0 aromatic heterocycles. The van der Waals surface area contributed by atoms with Crippen molar-refractivity contribution < 1.29 is 9.59 Å². The molecule has 1 aliphatic heterocycles. The van der Waals surface area contributed by atoms with E-state index in [2.05, 4.69) is 5.32 Å². The summed E-state index contributed by atoms with van der Waals surface area (Å²) in [6.45, 7) is 1.17. The molecule has 0 bridgehead atoms. The Hall–Kier alpha value is -2.50. The van der Waals surface area contributed by atoms with Crippen LogP contribution in [0.25, 0.3) is 10.8 Å². The third-order valence-electron chi connectivity index (χ3n) is 5.22. The predicted molar refractivity (Wildman–Crippen MR) is 125 cm³/mol. The zero-order valence-electron chi connectivity index (χ0n) is 16.6. The summed E-state index contributed by atoms with van der Waals surface area (Å²) >= 11 is 7.90. The highest BCUT2D eigenvalue weighted by molar-refractivity contribution is 7.98. The van der Waals surface area contributed by atoms with E-state index in [9.17, 15) is 9.59 Å². The van der Waals surface area contributed by atoms with E-state index in [1.807, 2.05) is 60.7 Å². The molecule has 6 heteroatoms. The lowest BCUT2D eigenvalue weighted by molar-refractivity contribution is -0.121. The molecule has 2 amide bonds. The molecule has 154 valence electrons. The van der Waals surface area contributed by atoms with Crippen LogP contribution in [0.5, 0.6) is 0 Å². The first-order valence-electron chi connectivity index (χ1n) is 10.1. The number of carbonyl (C=O) groups excluding carboxylic acids is 2. The number of thioether (sulfide) groups is 1. The Morgan fingerprint density at radius 3 is 2.67 bits per heavy atom. The molecule has 0 atom stereocenters. The zero-order valence-corrected chi connectivity index (χ0v) is 18.1. The van der Waals surface area contributed by atoms with Gasteiger partial charge in [-0.1, -0.05) is 54.1 Å². The quantitative estimate of drug-likeness (QED) is 0.462. The number of hydrogen-bond donors (Lipinski definition) is 1. The number of benzene rings is 3. The smallest absolute Gasteiger partial charge is 0.258 e. The fraction of sp³-hybridized carbons (Fsp3) is 0.250. The summed E-state index contributed by atoms with van der Waals surface area (Å²) in [5.41, 5.74) is 2.81. The topological polar surface area (TPSA) is 49.4 Å². The third kappa shape index (κ3) is 4.47. The molecule has 0 saturated carbocycles. The van der Waals surface area contributed by atoms with Crippen molar-refractivity contribution in [3.05, 3.63) is 76.8 Å². The highest BCUT2D eigenvalue weighted by Gasteiger charge is 2.28. The van der Waals surface area contributed by atoms with Gasteiger partial charge in [0.25, 0.3) is 5.91 Å². The van der Waals surface area contributed by atoms with Gasteiger partial charge >= 0.3 is 0 Å². The summed E-state index contributed by atoms with van der Waals surface area (Å²) in [6, 6.07) is 19.6. The SMILES string of the molecule is O=C(CCCN1C(=O)c2cccc3cccc1c23)NCCSCc1ccccc1Cl. The number of anilines is 1. The van der Waals surface area contributed by atoms with Gasteiger partial charge < -0.3 is 10.2 Å². The van der Waals surface area contributed by atoms with E-state index in [-0.39, 0.29) is 11.8 Å². The van der Waals surface area contributed by atoms with Crippen molar-refractivity contribution in [1.29, 1.82) is 0 Å². The Kier molecular flexibility index (Phi) is 6.60. The van der Waals surface area contributed by atoms with E-state index in [1.54, 1.807) is 16.7 Å². The van der Waals surface area contributed by atoms with E-state index >= 15 is 0 Å². The molecule has 4 rings (SSSR count). The Labute approximate surface area is 185 Å². The predicted octanol–water partition coefficient (Wildman–Crippen LogP) is 5.28. The van der Waals surface area contributed by atoms with Crippen LogP contribution in [-0.4, -0.2) is 30.7 Å². The number of hydrogen-bond acceptors (Lipinski definition) is 3. The van der Waals surface area contributed by atoms with Crippen LogP contribution in [0.1, 0.15) is 28.8 Å². The second kappa shape index (κ2) is 9.54. The molecular weight excluding hydrogens is 416 g/mol. The minimum Gasteiger partial charge on any atom is -0.355 e. The van der Waals surface area contributed by atoms with Gasteiger partial charge in [-0.3, -0.25) is 9.59 Å². The minimum atomic E-state index is 0.0238. The molecule has 0 saturated heterocycles. The molecule has 0 unspecified atom stereocenters. The van der Waals surface area contributed by atoms with Crippen LogP contribution in [0, 0.1) is 0 Å². The highest BCUT2D eigenvalue weighted by Crippen LogP contribution is 2.37. The third-order valence-corrected chi connectivity index (χ3v) is 6.60. The summed E-state index contributed by atoms with van der Waals surface area (Å²) in [5.74, 6) is 1.71. The van der Waals surface area contributed by atoms with Crippen LogP contribution in [0.15, 0.2) is 60.7 Å². The molecule has 0 radical (unpaired) electrons. The Morgan fingerprint density at radius 1 is 1.03 bits per heavy atom. The van der Waals surface area contributed by atoms with Gasteiger partial charge in [-0.2, -0.15) is 11.8 Å². The van der Waals surface area contributed by atoms with E-state index in [0.717, 1.165) is 44.1 Å². The van der Waals surface area contributed by atoms with Crippen molar-refractivity contribution in [2.75, 3.05) is 23.7 Å². The summed E-state index contributed by atoms with van der Waals surface area (Å²) < 4.78 is 0. The molecular formula is C24H23ClN2O2S. The summed E-state index contributed by atoms with van der Waals surface area (Å²) in [4.78, 5) is 26.7. The van der Waals surface area contributed by atoms with Crippen molar-refractivity contribution in [3.8, 4) is 0 Å². The van der Waals surface area contributed by atoms with Crippen LogP contribution in [0.2, 0.25) is 5.02 Å². The number of amides is 2. The average molecular weight is 439 g/mol. The summed E-state index contributed by atoms with van der Waals surface area (Å²) in [6.07, 6.45) is 1.04. The van der Waals surface area contributed by atoms with Gasteiger partial charge in [0.2, 0.25) is 5.91 Å².